The lowest BCUT2D eigenvalue weighted by atomic mass is 10.2. The molecular formula is C12H14N2O2S2. The van der Waals surface area contributed by atoms with Gasteiger partial charge < -0.3 is 5.32 Å². The van der Waals surface area contributed by atoms with Crippen LogP contribution in [0.1, 0.15) is 10.4 Å². The number of aryl methyl sites for hydroxylation is 1. The van der Waals surface area contributed by atoms with E-state index in [-0.39, 0.29) is 4.90 Å². The predicted molar refractivity (Wildman–Crippen MR) is 74.2 cm³/mol. The van der Waals surface area contributed by atoms with Gasteiger partial charge in [0, 0.05) is 17.1 Å². The number of nitrogens with two attached hydrogens (primary N) is 1. The molecular weight excluding hydrogens is 268 g/mol. The van der Waals surface area contributed by atoms with Crippen LogP contribution in [-0.4, -0.2) is 8.42 Å². The molecule has 96 valence electrons. The van der Waals surface area contributed by atoms with Crippen LogP contribution in [0.15, 0.2) is 40.6 Å². The Hall–Kier alpha value is -1.37. The number of benzene rings is 1. The van der Waals surface area contributed by atoms with Crippen LogP contribution in [0.5, 0.6) is 0 Å². The molecule has 1 aromatic heterocycles. The zero-order valence-electron chi connectivity index (χ0n) is 9.88. The summed E-state index contributed by atoms with van der Waals surface area (Å²) in [6.07, 6.45) is 0. The van der Waals surface area contributed by atoms with E-state index in [0.717, 1.165) is 11.3 Å². The van der Waals surface area contributed by atoms with Gasteiger partial charge in [0.25, 0.3) is 0 Å². The van der Waals surface area contributed by atoms with Crippen LogP contribution in [0.25, 0.3) is 0 Å². The molecule has 0 aliphatic carbocycles. The normalized spacial score (nSPS) is 11.4. The largest absolute Gasteiger partial charge is 0.380 e. The first-order chi connectivity index (χ1) is 8.47. The first-order valence-electron chi connectivity index (χ1n) is 5.36. The molecule has 0 spiro atoms. The second-order valence-electron chi connectivity index (χ2n) is 3.95. The molecule has 4 nitrogen and oxygen atoms in total. The van der Waals surface area contributed by atoms with Gasteiger partial charge in [0.05, 0.1) is 4.90 Å². The maximum atomic E-state index is 11.3. The van der Waals surface area contributed by atoms with E-state index in [1.54, 1.807) is 23.5 Å². The van der Waals surface area contributed by atoms with E-state index in [9.17, 15) is 8.42 Å². The Morgan fingerprint density at radius 3 is 2.72 bits per heavy atom. The zero-order valence-corrected chi connectivity index (χ0v) is 11.5. The predicted octanol–water partition coefficient (Wildman–Crippen LogP) is 2.32. The molecule has 6 heteroatoms. The Bertz CT molecular complexity index is 634. The second-order valence-corrected chi connectivity index (χ2v) is 6.55. The van der Waals surface area contributed by atoms with Crippen LogP contribution in [0, 0.1) is 6.92 Å². The van der Waals surface area contributed by atoms with E-state index in [1.165, 1.54) is 10.9 Å². The fraction of sp³-hybridized carbons (Fsp3) is 0.167. The molecule has 2 aromatic rings. The van der Waals surface area contributed by atoms with Crippen molar-refractivity contribution < 1.29 is 8.42 Å². The van der Waals surface area contributed by atoms with Crippen LogP contribution < -0.4 is 10.5 Å². The number of thiophene rings is 1. The molecule has 1 aromatic carbocycles. The highest BCUT2D eigenvalue weighted by atomic mass is 32.2. The zero-order chi connectivity index (χ0) is 13.2. The van der Waals surface area contributed by atoms with E-state index >= 15 is 0 Å². The molecule has 2 rings (SSSR count). The lowest BCUT2D eigenvalue weighted by Crippen LogP contribution is -2.12. The minimum Gasteiger partial charge on any atom is -0.380 e. The van der Waals surface area contributed by atoms with Crippen molar-refractivity contribution in [2.45, 2.75) is 18.4 Å². The Balaban J connectivity index is 2.22. The van der Waals surface area contributed by atoms with Crippen molar-refractivity contribution >= 4 is 27.0 Å². The summed E-state index contributed by atoms with van der Waals surface area (Å²) in [6, 6.07) is 8.83. The average Bonchev–Trinajstić information content (AvgIpc) is 2.79. The monoisotopic (exact) mass is 282 g/mol. The van der Waals surface area contributed by atoms with E-state index in [4.69, 9.17) is 5.14 Å². The van der Waals surface area contributed by atoms with E-state index < -0.39 is 10.0 Å². The third-order valence-corrected chi connectivity index (χ3v) is 4.36. The highest BCUT2D eigenvalue weighted by Crippen LogP contribution is 2.20. The van der Waals surface area contributed by atoms with E-state index in [0.29, 0.717) is 6.54 Å². The summed E-state index contributed by atoms with van der Waals surface area (Å²) in [5, 5.41) is 10.3. The van der Waals surface area contributed by atoms with Crippen molar-refractivity contribution in [2.24, 2.45) is 5.14 Å². The highest BCUT2D eigenvalue weighted by molar-refractivity contribution is 7.89. The van der Waals surface area contributed by atoms with Crippen molar-refractivity contribution in [1.82, 2.24) is 0 Å². The number of rotatable bonds is 4. The van der Waals surface area contributed by atoms with Crippen LogP contribution in [0.4, 0.5) is 5.69 Å². The molecule has 0 atom stereocenters. The van der Waals surface area contributed by atoms with Crippen molar-refractivity contribution in [3.05, 3.63) is 46.2 Å². The van der Waals surface area contributed by atoms with Crippen LogP contribution >= 0.6 is 11.3 Å². The average molecular weight is 282 g/mol. The summed E-state index contributed by atoms with van der Waals surface area (Å²) >= 11 is 1.65. The number of sulfonamides is 1. The van der Waals surface area contributed by atoms with E-state index in [2.05, 4.69) is 5.32 Å². The summed E-state index contributed by atoms with van der Waals surface area (Å²) in [7, 11) is -3.65. The van der Waals surface area contributed by atoms with Gasteiger partial charge in [0.15, 0.2) is 0 Å². The molecule has 0 aliphatic heterocycles. The van der Waals surface area contributed by atoms with Gasteiger partial charge in [-0.25, -0.2) is 13.6 Å². The summed E-state index contributed by atoms with van der Waals surface area (Å²) < 4.78 is 22.6. The summed E-state index contributed by atoms with van der Waals surface area (Å²) in [5.74, 6) is 0. The maximum Gasteiger partial charge on any atom is 0.238 e. The second kappa shape index (κ2) is 5.09. The van der Waals surface area contributed by atoms with Gasteiger partial charge in [0.2, 0.25) is 10.0 Å². The van der Waals surface area contributed by atoms with Gasteiger partial charge in [-0.1, -0.05) is 12.1 Å². The lowest BCUT2D eigenvalue weighted by Gasteiger charge is -2.10. The smallest absolute Gasteiger partial charge is 0.238 e. The van der Waals surface area contributed by atoms with Crippen molar-refractivity contribution in [3.8, 4) is 0 Å². The number of hydrogen-bond donors (Lipinski definition) is 2. The van der Waals surface area contributed by atoms with Crippen molar-refractivity contribution in [1.29, 1.82) is 0 Å². The number of anilines is 1. The molecule has 3 N–H and O–H groups in total. The first-order valence-corrected chi connectivity index (χ1v) is 7.79. The molecule has 0 saturated carbocycles. The molecule has 0 fully saturated rings. The van der Waals surface area contributed by atoms with Crippen LogP contribution in [-0.2, 0) is 16.6 Å². The number of nitrogens with one attached hydrogen (secondary N) is 1. The molecule has 0 radical (unpaired) electrons. The molecule has 0 amide bonds. The maximum absolute atomic E-state index is 11.3. The van der Waals surface area contributed by atoms with Gasteiger partial charge in [-0.2, -0.15) is 0 Å². The Morgan fingerprint density at radius 1 is 1.33 bits per heavy atom. The SMILES string of the molecule is Cc1ccc(S(N)(=O)=O)cc1NCc1cccs1. The minimum absolute atomic E-state index is 0.127. The quantitative estimate of drug-likeness (QED) is 0.904. The Morgan fingerprint density at radius 2 is 2.11 bits per heavy atom. The molecule has 1 heterocycles. The highest BCUT2D eigenvalue weighted by Gasteiger charge is 2.09. The minimum atomic E-state index is -3.65. The lowest BCUT2D eigenvalue weighted by molar-refractivity contribution is 0.598. The Labute approximate surface area is 111 Å². The standard InChI is InChI=1S/C12H14N2O2S2/c1-9-4-5-11(18(13,15)16)7-12(9)14-8-10-3-2-6-17-10/h2-7,14H,8H2,1H3,(H2,13,15,16). The number of hydrogen-bond acceptors (Lipinski definition) is 4. The van der Waals surface area contributed by atoms with Gasteiger partial charge in [0.1, 0.15) is 0 Å². The van der Waals surface area contributed by atoms with Gasteiger partial charge in [-0.3, -0.25) is 0 Å². The fourth-order valence-electron chi connectivity index (χ4n) is 1.56. The molecule has 18 heavy (non-hydrogen) atoms. The fourth-order valence-corrected chi connectivity index (χ4v) is 2.75. The third kappa shape index (κ3) is 3.10. The summed E-state index contributed by atoms with van der Waals surface area (Å²) in [6.45, 7) is 2.59. The number of primary sulfonamides is 1. The summed E-state index contributed by atoms with van der Waals surface area (Å²) in [5.41, 5.74) is 1.77. The van der Waals surface area contributed by atoms with E-state index in [1.807, 2.05) is 24.4 Å². The Kier molecular flexibility index (Phi) is 3.70. The van der Waals surface area contributed by atoms with Crippen molar-refractivity contribution in [3.63, 3.8) is 0 Å². The topological polar surface area (TPSA) is 72.2 Å². The van der Waals surface area contributed by atoms with Crippen molar-refractivity contribution in [2.75, 3.05) is 5.32 Å². The van der Waals surface area contributed by atoms with Gasteiger partial charge in [-0.05, 0) is 36.1 Å². The van der Waals surface area contributed by atoms with Crippen LogP contribution in [0.2, 0.25) is 0 Å². The van der Waals surface area contributed by atoms with Gasteiger partial charge >= 0.3 is 0 Å². The molecule has 0 bridgehead atoms. The molecule has 0 saturated heterocycles. The first kappa shape index (κ1) is 13.1. The van der Waals surface area contributed by atoms with Gasteiger partial charge in [-0.15, -0.1) is 11.3 Å². The molecule has 0 unspecified atom stereocenters. The third-order valence-electron chi connectivity index (χ3n) is 2.57. The molecule has 0 aliphatic rings. The van der Waals surface area contributed by atoms with Crippen LogP contribution in [0.3, 0.4) is 0 Å². The summed E-state index contributed by atoms with van der Waals surface area (Å²) in [4.78, 5) is 1.32.